The van der Waals surface area contributed by atoms with Crippen molar-refractivity contribution in [3.63, 3.8) is 0 Å². The summed E-state index contributed by atoms with van der Waals surface area (Å²) >= 11 is 4.00. The highest BCUT2D eigenvalue weighted by Gasteiger charge is 2.23. The summed E-state index contributed by atoms with van der Waals surface area (Å²) in [6, 6.07) is 8.61. The molecule has 0 radical (unpaired) electrons. The number of primary amides is 1. The van der Waals surface area contributed by atoms with Gasteiger partial charge in [0.1, 0.15) is 22.8 Å². The van der Waals surface area contributed by atoms with Gasteiger partial charge in [0.25, 0.3) is 0 Å². The Labute approximate surface area is 212 Å². The molecule has 7 nitrogen and oxygen atoms in total. The van der Waals surface area contributed by atoms with E-state index in [1.165, 1.54) is 0 Å². The maximum Gasteiger partial charge on any atom is 0.217 e. The second-order valence-electron chi connectivity index (χ2n) is 7.27. The van der Waals surface area contributed by atoms with Crippen LogP contribution in [0.1, 0.15) is 47.4 Å². The van der Waals surface area contributed by atoms with Gasteiger partial charge in [0, 0.05) is 42.9 Å². The molecule has 2 aromatic carbocycles. The van der Waals surface area contributed by atoms with E-state index in [2.05, 4.69) is 0 Å². The quantitative estimate of drug-likeness (QED) is 0.158. The first kappa shape index (κ1) is 24.8. The largest absolute Gasteiger partial charge is 0.506 e. The third-order valence-corrected chi connectivity index (χ3v) is 6.53. The van der Waals surface area contributed by atoms with Gasteiger partial charge in [-0.1, -0.05) is 0 Å². The number of carbonyl (C=O) groups excluding carboxylic acids is 2. The van der Waals surface area contributed by atoms with Crippen LogP contribution in [0.25, 0.3) is 11.0 Å². The van der Waals surface area contributed by atoms with Crippen LogP contribution in [0.15, 0.2) is 34.7 Å². The smallest absolute Gasteiger partial charge is 0.217 e. The van der Waals surface area contributed by atoms with Gasteiger partial charge < -0.3 is 25.1 Å². The first-order chi connectivity index (χ1) is 15.3. The van der Waals surface area contributed by atoms with E-state index >= 15 is 0 Å². The maximum atomic E-state index is 13.5. The van der Waals surface area contributed by atoms with Crippen molar-refractivity contribution in [3.8, 4) is 11.5 Å². The minimum absolute atomic E-state index is 0.0430. The fourth-order valence-corrected chi connectivity index (χ4v) is 5.09. The van der Waals surface area contributed by atoms with Crippen LogP contribution in [0.2, 0.25) is 0 Å². The lowest BCUT2D eigenvalue weighted by Gasteiger charge is -2.07. The van der Waals surface area contributed by atoms with Crippen molar-refractivity contribution in [2.24, 2.45) is 5.73 Å². The molecule has 0 saturated heterocycles. The number of phenols is 1. The number of phenolic OH excluding ortho intramolecular Hbond substituents is 1. The predicted octanol–water partition coefficient (Wildman–Crippen LogP) is 4.54. The number of halogens is 2. The molecule has 0 unspecified atom stereocenters. The third-order valence-electron chi connectivity index (χ3n) is 4.89. The van der Waals surface area contributed by atoms with E-state index in [1.54, 1.807) is 30.3 Å². The summed E-state index contributed by atoms with van der Waals surface area (Å²) in [6.07, 6.45) is 2.53. The number of carbonyl (C=O) groups is 2. The molecule has 0 aliphatic rings. The minimum atomic E-state index is -0.358. The number of ether oxygens (including phenoxy) is 1. The van der Waals surface area contributed by atoms with E-state index < -0.39 is 0 Å². The highest BCUT2D eigenvalue weighted by Crippen LogP contribution is 2.34. The predicted molar refractivity (Wildman–Crippen MR) is 137 cm³/mol. The molecule has 1 amide bonds. The number of unbranched alkanes of at least 4 members (excludes halogenated alkanes) is 1. The summed E-state index contributed by atoms with van der Waals surface area (Å²) in [5.41, 5.74) is 6.69. The van der Waals surface area contributed by atoms with E-state index in [0.717, 1.165) is 0 Å². The average Bonchev–Trinajstić information content (AvgIpc) is 3.11. The molecule has 9 heteroatoms. The second-order valence-corrected chi connectivity index (χ2v) is 9.60. The van der Waals surface area contributed by atoms with Crippen molar-refractivity contribution >= 4 is 67.8 Å². The van der Waals surface area contributed by atoms with Crippen molar-refractivity contribution in [3.05, 3.63) is 54.4 Å². The number of aliphatic hydroxyl groups excluding tert-OH is 1. The number of furan rings is 1. The van der Waals surface area contributed by atoms with Crippen molar-refractivity contribution in [2.45, 2.75) is 32.1 Å². The van der Waals surface area contributed by atoms with Gasteiger partial charge in [0.2, 0.25) is 5.91 Å². The van der Waals surface area contributed by atoms with Crippen LogP contribution in [0.4, 0.5) is 0 Å². The molecule has 3 aromatic rings. The third kappa shape index (κ3) is 5.93. The van der Waals surface area contributed by atoms with Gasteiger partial charge in [0.15, 0.2) is 5.78 Å². The molecule has 0 fully saturated rings. The Kier molecular flexibility index (Phi) is 8.77. The van der Waals surface area contributed by atoms with E-state index in [9.17, 15) is 14.7 Å². The van der Waals surface area contributed by atoms with Crippen LogP contribution in [0.3, 0.4) is 0 Å². The number of benzene rings is 2. The molecular formula is C23H23I2NO6. The van der Waals surface area contributed by atoms with Crippen molar-refractivity contribution in [1.82, 2.24) is 0 Å². The fraction of sp³-hybridized carbons (Fsp3) is 0.304. The Morgan fingerprint density at radius 2 is 1.78 bits per heavy atom. The van der Waals surface area contributed by atoms with Crippen molar-refractivity contribution in [1.29, 1.82) is 0 Å². The summed E-state index contributed by atoms with van der Waals surface area (Å²) in [7, 11) is 0. The lowest BCUT2D eigenvalue weighted by atomic mass is 9.98. The number of ketones is 1. The summed E-state index contributed by atoms with van der Waals surface area (Å²) in [4.78, 5) is 24.6. The van der Waals surface area contributed by atoms with Crippen LogP contribution < -0.4 is 10.5 Å². The first-order valence-electron chi connectivity index (χ1n) is 10.1. The molecule has 3 rings (SSSR count). The van der Waals surface area contributed by atoms with Gasteiger partial charge in [-0.05, 0) is 82.3 Å². The molecule has 0 aliphatic carbocycles. The number of rotatable bonds is 11. The fourth-order valence-electron chi connectivity index (χ4n) is 3.32. The van der Waals surface area contributed by atoms with E-state index in [0.29, 0.717) is 73.0 Å². The zero-order valence-corrected chi connectivity index (χ0v) is 21.5. The van der Waals surface area contributed by atoms with Gasteiger partial charge in [-0.15, -0.1) is 0 Å². The Balaban J connectivity index is 1.99. The van der Waals surface area contributed by atoms with E-state index in [1.807, 2.05) is 45.2 Å². The second kappa shape index (κ2) is 11.3. The Morgan fingerprint density at radius 1 is 1.06 bits per heavy atom. The van der Waals surface area contributed by atoms with Crippen LogP contribution in [0.5, 0.6) is 11.5 Å². The molecule has 170 valence electrons. The summed E-state index contributed by atoms with van der Waals surface area (Å²) in [5, 5.41) is 19.7. The highest BCUT2D eigenvalue weighted by atomic mass is 127. The normalized spacial score (nSPS) is 11.1. The highest BCUT2D eigenvalue weighted by molar-refractivity contribution is 14.1. The summed E-state index contributed by atoms with van der Waals surface area (Å²) < 4.78 is 12.9. The standard InChI is InChI=1S/C23H23I2NO6/c24-16-10-13(11-17(25)23(16)30)22(29)21-15-7-6-14(31-9-3-8-27)12-19(15)32-18(21)4-1-2-5-20(26)28/h6-7,10-12,27,30H,1-5,8-9H2,(H2,26,28). The van der Waals surface area contributed by atoms with Crippen LogP contribution in [-0.2, 0) is 11.2 Å². The number of hydrogen-bond donors (Lipinski definition) is 3. The monoisotopic (exact) mass is 663 g/mol. The molecule has 0 saturated carbocycles. The summed E-state index contributed by atoms with van der Waals surface area (Å²) in [5.74, 6) is 0.728. The summed E-state index contributed by atoms with van der Waals surface area (Å²) in [6.45, 7) is 0.417. The lowest BCUT2D eigenvalue weighted by Crippen LogP contribution is -2.10. The molecule has 0 spiro atoms. The van der Waals surface area contributed by atoms with E-state index in [4.69, 9.17) is 20.0 Å². The Morgan fingerprint density at radius 3 is 2.44 bits per heavy atom. The molecule has 1 heterocycles. The first-order valence-corrected chi connectivity index (χ1v) is 12.3. The Bertz CT molecular complexity index is 1120. The molecule has 4 N–H and O–H groups in total. The number of fused-ring (bicyclic) bond motifs is 1. The van der Waals surface area contributed by atoms with Gasteiger partial charge in [-0.2, -0.15) is 0 Å². The maximum absolute atomic E-state index is 13.5. The minimum Gasteiger partial charge on any atom is -0.506 e. The zero-order chi connectivity index (χ0) is 23.3. The van der Waals surface area contributed by atoms with Gasteiger partial charge in [-0.3, -0.25) is 9.59 Å². The SMILES string of the molecule is NC(=O)CCCCc1oc2cc(OCCCO)ccc2c1C(=O)c1cc(I)c(O)c(I)c1. The number of aromatic hydroxyl groups is 1. The number of aliphatic hydroxyl groups is 1. The Hall–Kier alpha value is -1.86. The molecule has 32 heavy (non-hydrogen) atoms. The number of hydrogen-bond acceptors (Lipinski definition) is 6. The molecule has 1 aromatic heterocycles. The number of amides is 1. The lowest BCUT2D eigenvalue weighted by molar-refractivity contribution is -0.118. The van der Waals surface area contributed by atoms with Gasteiger partial charge in [0.05, 0.1) is 19.3 Å². The zero-order valence-electron chi connectivity index (χ0n) is 17.2. The van der Waals surface area contributed by atoms with Crippen LogP contribution >= 0.6 is 45.2 Å². The number of nitrogens with two attached hydrogens (primary N) is 1. The van der Waals surface area contributed by atoms with Crippen LogP contribution in [-0.4, -0.2) is 35.1 Å². The average molecular weight is 663 g/mol. The van der Waals surface area contributed by atoms with Crippen LogP contribution in [0, 0.1) is 7.14 Å². The van der Waals surface area contributed by atoms with E-state index in [-0.39, 0.29) is 30.5 Å². The topological polar surface area (TPSA) is 123 Å². The molecule has 0 aliphatic heterocycles. The number of aryl methyl sites for hydroxylation is 1. The van der Waals surface area contributed by atoms with Crippen molar-refractivity contribution < 1.29 is 29.0 Å². The molecule has 0 bridgehead atoms. The van der Waals surface area contributed by atoms with Gasteiger partial charge in [-0.25, -0.2) is 0 Å². The van der Waals surface area contributed by atoms with Crippen molar-refractivity contribution in [2.75, 3.05) is 13.2 Å². The van der Waals surface area contributed by atoms with Gasteiger partial charge >= 0.3 is 0 Å². The molecular weight excluding hydrogens is 640 g/mol. The molecule has 0 atom stereocenters.